The zero-order valence-electron chi connectivity index (χ0n) is 20.1. The predicted molar refractivity (Wildman–Crippen MR) is 128 cm³/mol. The number of nitrogens with zero attached hydrogens (tertiary/aromatic N) is 3. The van der Waals surface area contributed by atoms with E-state index in [9.17, 15) is 14.7 Å². The van der Waals surface area contributed by atoms with Crippen molar-refractivity contribution in [1.82, 2.24) is 9.97 Å². The van der Waals surface area contributed by atoms with Crippen LogP contribution in [0.25, 0.3) is 0 Å². The summed E-state index contributed by atoms with van der Waals surface area (Å²) >= 11 is 0. The summed E-state index contributed by atoms with van der Waals surface area (Å²) in [6.45, 7) is 2.05. The van der Waals surface area contributed by atoms with Crippen molar-refractivity contribution in [3.05, 3.63) is 60.2 Å². The van der Waals surface area contributed by atoms with Crippen LogP contribution in [0.4, 0.5) is 0 Å². The highest BCUT2D eigenvalue weighted by Gasteiger charge is 2.56. The number of hydrogen-bond donors (Lipinski definition) is 2. The fraction of sp³-hybridized carbons (Fsp3) is 0.556. The van der Waals surface area contributed by atoms with Crippen LogP contribution < -0.4 is 5.73 Å². The molecule has 3 aliphatic heterocycles. The number of rotatable bonds is 7. The monoisotopic (exact) mass is 479 g/mol. The predicted octanol–water partition coefficient (Wildman–Crippen LogP) is 2.62. The third-order valence-electron chi connectivity index (χ3n) is 8.64. The molecule has 1 aromatic carbocycles. The molecule has 3 N–H and O–H groups in total. The Kier molecular flexibility index (Phi) is 6.59. The van der Waals surface area contributed by atoms with Gasteiger partial charge in [-0.05, 0) is 24.5 Å². The molecule has 3 saturated heterocycles. The minimum Gasteiger partial charge on any atom is -0.454 e. The maximum absolute atomic E-state index is 13.8. The smallest absolute Gasteiger partial charge is 0.343 e. The van der Waals surface area contributed by atoms with E-state index in [-0.39, 0.29) is 17.9 Å². The first-order chi connectivity index (χ1) is 16.9. The van der Waals surface area contributed by atoms with Crippen LogP contribution in [0, 0.1) is 11.8 Å². The van der Waals surface area contributed by atoms with Crippen LogP contribution >= 0.6 is 0 Å². The number of carbonyl (C=O) groups excluding carboxylic acids is 2. The van der Waals surface area contributed by atoms with Crippen LogP contribution in [-0.4, -0.2) is 57.2 Å². The van der Waals surface area contributed by atoms with E-state index >= 15 is 0 Å². The summed E-state index contributed by atoms with van der Waals surface area (Å²) in [6.07, 6.45) is 9.05. The average Bonchev–Trinajstić information content (AvgIpc) is 2.90. The fourth-order valence-electron chi connectivity index (χ4n) is 6.78. The van der Waals surface area contributed by atoms with E-state index in [0.717, 1.165) is 58.0 Å². The molecule has 1 saturated carbocycles. The van der Waals surface area contributed by atoms with Gasteiger partial charge in [-0.15, -0.1) is 0 Å². The van der Waals surface area contributed by atoms with Gasteiger partial charge in [0.05, 0.1) is 13.1 Å². The van der Waals surface area contributed by atoms with Gasteiger partial charge in [-0.2, -0.15) is 0 Å². The lowest BCUT2D eigenvalue weighted by molar-refractivity contribution is -0.965. The van der Waals surface area contributed by atoms with Crippen LogP contribution in [0.3, 0.4) is 0 Å². The summed E-state index contributed by atoms with van der Waals surface area (Å²) in [5.41, 5.74) is 5.43. The van der Waals surface area contributed by atoms with Crippen molar-refractivity contribution < 1.29 is 23.9 Å². The topological polar surface area (TPSA) is 115 Å². The van der Waals surface area contributed by atoms with Crippen LogP contribution in [0.2, 0.25) is 0 Å². The van der Waals surface area contributed by atoms with E-state index in [1.54, 1.807) is 12.3 Å². The van der Waals surface area contributed by atoms with Crippen LogP contribution in [0.5, 0.6) is 0 Å². The molecule has 8 nitrogen and oxygen atoms in total. The number of benzene rings is 1. The number of carbonyl (C=O) groups is 2. The fourth-order valence-corrected chi connectivity index (χ4v) is 6.78. The number of fused-ring (bicyclic) bond motifs is 3. The first-order valence-electron chi connectivity index (χ1n) is 12.8. The lowest BCUT2D eigenvalue weighted by atomic mass is 9.73. The molecule has 4 aliphatic rings. The maximum atomic E-state index is 13.8. The molecule has 1 amide bonds. The second kappa shape index (κ2) is 9.66. The second-order valence-corrected chi connectivity index (χ2v) is 10.5. The molecule has 3 atom stereocenters. The molecule has 2 bridgehead atoms. The molecule has 0 radical (unpaired) electrons. The zero-order valence-corrected chi connectivity index (χ0v) is 20.1. The van der Waals surface area contributed by atoms with Gasteiger partial charge in [0, 0.05) is 30.9 Å². The first kappa shape index (κ1) is 23.9. The van der Waals surface area contributed by atoms with Gasteiger partial charge in [0.15, 0.2) is 11.7 Å². The number of ether oxygens (including phenoxy) is 1. The summed E-state index contributed by atoms with van der Waals surface area (Å²) < 4.78 is 6.62. The standard InChI is InChI=1S/C27H34N4O4/c28-25(32)24(22-11-14-29-18-30-22)31-15-12-19(13-16-31)23(17-31)35-26(33)27(34,20-7-3-1-4-8-20)21-9-5-2-6-10-21/h1,3-4,7-8,11,14,18-19,21,23-24,34H,2,5-6,9-10,12-13,15-17H2,(H-,28,32)/p+1/t19?,23-,24?,27?,31?/m0/s1. The van der Waals surface area contributed by atoms with Gasteiger partial charge >= 0.3 is 5.97 Å². The minimum absolute atomic E-state index is 0.172. The van der Waals surface area contributed by atoms with E-state index in [2.05, 4.69) is 9.97 Å². The number of nitrogens with two attached hydrogens (primary N) is 1. The number of quaternary nitrogens is 1. The molecule has 1 aliphatic carbocycles. The third kappa shape index (κ3) is 4.34. The summed E-state index contributed by atoms with van der Waals surface area (Å²) in [4.78, 5) is 34.8. The number of piperidine rings is 3. The molecule has 8 heteroatoms. The average molecular weight is 480 g/mol. The van der Waals surface area contributed by atoms with Crippen LogP contribution in [-0.2, 0) is 19.9 Å². The highest BCUT2D eigenvalue weighted by atomic mass is 16.6. The van der Waals surface area contributed by atoms with E-state index < -0.39 is 23.5 Å². The zero-order chi connectivity index (χ0) is 24.5. The van der Waals surface area contributed by atoms with Gasteiger partial charge in [0.1, 0.15) is 18.6 Å². The van der Waals surface area contributed by atoms with Gasteiger partial charge < -0.3 is 20.1 Å². The maximum Gasteiger partial charge on any atom is 0.343 e. The molecule has 1 aromatic heterocycles. The lowest BCUT2D eigenvalue weighted by Gasteiger charge is -2.54. The molecular formula is C27H35N4O4+. The Hall–Kier alpha value is -2.84. The highest BCUT2D eigenvalue weighted by Crippen LogP contribution is 2.45. The molecule has 0 spiro atoms. The van der Waals surface area contributed by atoms with Crippen molar-refractivity contribution >= 4 is 11.9 Å². The number of aliphatic hydroxyl groups is 1. The van der Waals surface area contributed by atoms with Gasteiger partial charge in [0.2, 0.25) is 6.04 Å². The van der Waals surface area contributed by atoms with Crippen LogP contribution in [0.1, 0.15) is 62.2 Å². The molecular weight excluding hydrogens is 444 g/mol. The van der Waals surface area contributed by atoms with Gasteiger partial charge in [-0.25, -0.2) is 14.8 Å². The molecule has 2 aromatic rings. The van der Waals surface area contributed by atoms with E-state index in [1.165, 1.54) is 6.33 Å². The normalized spacial score (nSPS) is 29.2. The van der Waals surface area contributed by atoms with Crippen molar-refractivity contribution in [1.29, 1.82) is 0 Å². The Bertz CT molecular complexity index is 1040. The summed E-state index contributed by atoms with van der Waals surface area (Å²) in [6, 6.07) is 10.3. The van der Waals surface area contributed by atoms with Crippen molar-refractivity contribution in [2.45, 2.75) is 62.7 Å². The minimum atomic E-state index is -1.67. The van der Waals surface area contributed by atoms with Crippen molar-refractivity contribution in [3.8, 4) is 0 Å². The number of esters is 1. The Morgan fingerprint density at radius 1 is 1.06 bits per heavy atom. The van der Waals surface area contributed by atoms with Crippen molar-refractivity contribution in [2.24, 2.45) is 17.6 Å². The molecule has 35 heavy (non-hydrogen) atoms. The lowest BCUT2D eigenvalue weighted by Crippen LogP contribution is -2.67. The van der Waals surface area contributed by atoms with Gasteiger partial charge in [-0.1, -0.05) is 49.6 Å². The molecule has 186 valence electrons. The molecule has 4 heterocycles. The van der Waals surface area contributed by atoms with E-state index in [4.69, 9.17) is 10.5 Å². The van der Waals surface area contributed by atoms with Gasteiger partial charge in [-0.3, -0.25) is 4.79 Å². The SMILES string of the molecule is NC(=O)C(c1ccncn1)[N+]12CCC(CC1)[C@@H](OC(=O)C(O)(c1ccccc1)C1CCCCC1)C2. The van der Waals surface area contributed by atoms with Crippen molar-refractivity contribution in [3.63, 3.8) is 0 Å². The molecule has 6 rings (SSSR count). The van der Waals surface area contributed by atoms with E-state index in [0.29, 0.717) is 22.3 Å². The summed E-state index contributed by atoms with van der Waals surface area (Å²) in [5.74, 6) is -0.957. The molecule has 4 fully saturated rings. The first-order valence-corrected chi connectivity index (χ1v) is 12.8. The van der Waals surface area contributed by atoms with Gasteiger partial charge in [0.25, 0.3) is 5.91 Å². The summed E-state index contributed by atoms with van der Waals surface area (Å²) in [5, 5.41) is 11.9. The summed E-state index contributed by atoms with van der Waals surface area (Å²) in [7, 11) is 0. The number of hydrogen-bond acceptors (Lipinski definition) is 6. The Morgan fingerprint density at radius 2 is 1.77 bits per heavy atom. The van der Waals surface area contributed by atoms with Crippen molar-refractivity contribution in [2.75, 3.05) is 19.6 Å². The molecule has 2 unspecified atom stereocenters. The number of primary amides is 1. The second-order valence-electron chi connectivity index (χ2n) is 10.5. The van der Waals surface area contributed by atoms with E-state index in [1.807, 2.05) is 30.3 Å². The third-order valence-corrected chi connectivity index (χ3v) is 8.64. The largest absolute Gasteiger partial charge is 0.454 e. The number of amides is 1. The Labute approximate surface area is 206 Å². The van der Waals surface area contributed by atoms with Crippen LogP contribution in [0.15, 0.2) is 48.9 Å². The Balaban J connectivity index is 1.42. The quantitative estimate of drug-likeness (QED) is 0.466. The number of aromatic nitrogens is 2. The highest BCUT2D eigenvalue weighted by molar-refractivity contribution is 5.82. The Morgan fingerprint density at radius 3 is 2.40 bits per heavy atom.